The monoisotopic (exact) mass is 189 g/mol. The van der Waals surface area contributed by atoms with Crippen molar-refractivity contribution < 1.29 is 15.0 Å². The fraction of sp³-hybridized carbons (Fsp3) is 0. The molecule has 1 aromatic rings. The minimum atomic E-state index is -1.08. The van der Waals surface area contributed by atoms with Gasteiger partial charge in [0, 0.05) is 6.08 Å². The van der Waals surface area contributed by atoms with Crippen LogP contribution in [0.4, 0.5) is 0 Å². The molecule has 0 bridgehead atoms. The molecule has 0 saturated carbocycles. The molecule has 0 unspecified atom stereocenters. The average Bonchev–Trinajstić information content (AvgIpc) is 2.15. The van der Waals surface area contributed by atoms with Gasteiger partial charge in [-0.05, 0) is 29.8 Å². The molecular weight excluding hydrogens is 182 g/mol. The Labute approximate surface area is 80.3 Å². The van der Waals surface area contributed by atoms with E-state index in [-0.39, 0.29) is 11.3 Å². The summed E-state index contributed by atoms with van der Waals surface area (Å²) in [6.07, 6.45) is 2.24. The van der Waals surface area contributed by atoms with Gasteiger partial charge in [0.1, 0.15) is 5.75 Å². The van der Waals surface area contributed by atoms with E-state index in [0.717, 1.165) is 6.08 Å². The van der Waals surface area contributed by atoms with Crippen LogP contribution in [0.5, 0.6) is 5.75 Å². The number of phenols is 1. The largest absolute Gasteiger partial charge is 0.508 e. The minimum absolute atomic E-state index is 0.0194. The van der Waals surface area contributed by atoms with Crippen molar-refractivity contribution in [2.45, 2.75) is 0 Å². The second-order valence-corrected chi connectivity index (χ2v) is 2.55. The smallest absolute Gasteiger partial charge is 0.328 e. The standard InChI is InChI=1S/C10H7NO3/c11-6-8-5-9(12)3-1-7(8)2-4-10(13)14/h1-5,12H,(H,13,14). The number of carbonyl (C=O) groups is 1. The SMILES string of the molecule is N#Cc1cc(O)ccc1C=CC(=O)O. The zero-order valence-corrected chi connectivity index (χ0v) is 7.14. The van der Waals surface area contributed by atoms with Crippen LogP contribution in [0.25, 0.3) is 6.08 Å². The van der Waals surface area contributed by atoms with Crippen LogP contribution < -0.4 is 0 Å². The van der Waals surface area contributed by atoms with Crippen molar-refractivity contribution in [3.8, 4) is 11.8 Å². The number of aromatic hydroxyl groups is 1. The van der Waals surface area contributed by atoms with Gasteiger partial charge in [0.2, 0.25) is 0 Å². The van der Waals surface area contributed by atoms with Crippen molar-refractivity contribution in [2.24, 2.45) is 0 Å². The molecule has 4 heteroatoms. The zero-order chi connectivity index (χ0) is 10.6. The molecule has 0 fully saturated rings. The molecule has 0 spiro atoms. The van der Waals surface area contributed by atoms with E-state index in [4.69, 9.17) is 15.5 Å². The number of nitrogens with zero attached hydrogens (tertiary/aromatic N) is 1. The molecule has 70 valence electrons. The molecule has 0 heterocycles. The Morgan fingerprint density at radius 2 is 2.21 bits per heavy atom. The van der Waals surface area contributed by atoms with Gasteiger partial charge in [-0.1, -0.05) is 0 Å². The molecule has 4 nitrogen and oxygen atoms in total. The Morgan fingerprint density at radius 3 is 2.79 bits per heavy atom. The van der Waals surface area contributed by atoms with E-state index in [9.17, 15) is 4.79 Å². The third-order valence-corrected chi connectivity index (χ3v) is 1.56. The molecule has 0 aromatic heterocycles. The molecule has 14 heavy (non-hydrogen) atoms. The fourth-order valence-corrected chi connectivity index (χ4v) is 0.947. The lowest BCUT2D eigenvalue weighted by Crippen LogP contribution is -1.87. The molecule has 0 aliphatic rings. The quantitative estimate of drug-likeness (QED) is 0.688. The summed E-state index contributed by atoms with van der Waals surface area (Å²) in [6.45, 7) is 0. The molecule has 0 aliphatic heterocycles. The Hall–Kier alpha value is -2.28. The topological polar surface area (TPSA) is 81.3 Å². The molecule has 1 rings (SSSR count). The van der Waals surface area contributed by atoms with Gasteiger partial charge in [-0.2, -0.15) is 5.26 Å². The number of aliphatic carboxylic acids is 1. The van der Waals surface area contributed by atoms with Crippen molar-refractivity contribution in [3.63, 3.8) is 0 Å². The number of carboxylic acids is 1. The highest BCUT2D eigenvalue weighted by Gasteiger charge is 2.00. The number of phenolic OH excluding ortho intramolecular Hbond substituents is 1. The van der Waals surface area contributed by atoms with Crippen LogP contribution in [0.2, 0.25) is 0 Å². The molecular formula is C10H7NO3. The Morgan fingerprint density at radius 1 is 1.50 bits per heavy atom. The third-order valence-electron chi connectivity index (χ3n) is 1.56. The fourth-order valence-electron chi connectivity index (χ4n) is 0.947. The van der Waals surface area contributed by atoms with Crippen molar-refractivity contribution in [1.82, 2.24) is 0 Å². The Kier molecular flexibility index (Phi) is 2.87. The third kappa shape index (κ3) is 2.35. The normalized spacial score (nSPS) is 9.93. The van der Waals surface area contributed by atoms with Crippen molar-refractivity contribution in [1.29, 1.82) is 5.26 Å². The van der Waals surface area contributed by atoms with E-state index in [1.54, 1.807) is 0 Å². The van der Waals surface area contributed by atoms with Gasteiger partial charge in [0.25, 0.3) is 0 Å². The second-order valence-electron chi connectivity index (χ2n) is 2.55. The first-order valence-corrected chi connectivity index (χ1v) is 3.77. The molecule has 1 aromatic carbocycles. The maximum Gasteiger partial charge on any atom is 0.328 e. The van der Waals surface area contributed by atoms with Gasteiger partial charge < -0.3 is 10.2 Å². The summed E-state index contributed by atoms with van der Waals surface area (Å²) in [5.41, 5.74) is 0.704. The predicted octanol–water partition coefficient (Wildman–Crippen LogP) is 1.36. The number of rotatable bonds is 2. The van der Waals surface area contributed by atoms with Crippen LogP contribution in [0.1, 0.15) is 11.1 Å². The highest BCUT2D eigenvalue weighted by molar-refractivity contribution is 5.85. The summed E-state index contributed by atoms with van der Waals surface area (Å²) in [7, 11) is 0. The van der Waals surface area contributed by atoms with Crippen LogP contribution in [0.15, 0.2) is 24.3 Å². The van der Waals surface area contributed by atoms with Gasteiger partial charge in [-0.25, -0.2) is 4.79 Å². The Balaban J connectivity index is 3.10. The van der Waals surface area contributed by atoms with Crippen LogP contribution >= 0.6 is 0 Å². The molecule has 2 N–H and O–H groups in total. The maximum absolute atomic E-state index is 10.2. The molecule has 0 amide bonds. The number of nitriles is 1. The molecule has 0 saturated heterocycles. The summed E-state index contributed by atoms with van der Waals surface area (Å²) >= 11 is 0. The number of carboxylic acid groups (broad SMARTS) is 1. The van der Waals surface area contributed by atoms with E-state index < -0.39 is 5.97 Å². The van der Waals surface area contributed by atoms with Crippen LogP contribution in [-0.4, -0.2) is 16.2 Å². The first kappa shape index (κ1) is 9.81. The van der Waals surface area contributed by atoms with E-state index in [0.29, 0.717) is 5.56 Å². The number of benzene rings is 1. The van der Waals surface area contributed by atoms with Crippen molar-refractivity contribution >= 4 is 12.0 Å². The molecule has 0 aliphatic carbocycles. The van der Waals surface area contributed by atoms with E-state index in [2.05, 4.69) is 0 Å². The van der Waals surface area contributed by atoms with Crippen LogP contribution in [-0.2, 0) is 4.79 Å². The highest BCUT2D eigenvalue weighted by atomic mass is 16.4. The van der Waals surface area contributed by atoms with Crippen molar-refractivity contribution in [3.05, 3.63) is 35.4 Å². The van der Waals surface area contributed by atoms with Crippen molar-refractivity contribution in [2.75, 3.05) is 0 Å². The summed E-state index contributed by atoms with van der Waals surface area (Å²) in [5, 5.41) is 26.1. The first-order valence-electron chi connectivity index (χ1n) is 3.77. The Bertz CT molecular complexity index is 429. The van der Waals surface area contributed by atoms with Gasteiger partial charge in [-0.3, -0.25) is 0 Å². The van der Waals surface area contributed by atoms with E-state index in [1.807, 2.05) is 6.07 Å². The average molecular weight is 189 g/mol. The van der Waals surface area contributed by atoms with Crippen LogP contribution in [0.3, 0.4) is 0 Å². The second kappa shape index (κ2) is 4.10. The van der Waals surface area contributed by atoms with Gasteiger partial charge >= 0.3 is 5.97 Å². The highest BCUT2D eigenvalue weighted by Crippen LogP contribution is 2.16. The summed E-state index contributed by atoms with van der Waals surface area (Å²) in [6, 6.07) is 6.01. The van der Waals surface area contributed by atoms with E-state index >= 15 is 0 Å². The lowest BCUT2D eigenvalue weighted by molar-refractivity contribution is -0.131. The maximum atomic E-state index is 10.2. The summed E-state index contributed by atoms with van der Waals surface area (Å²) in [5.74, 6) is -1.10. The first-order chi connectivity index (χ1) is 6.63. The predicted molar refractivity (Wildman–Crippen MR) is 49.5 cm³/mol. The lowest BCUT2D eigenvalue weighted by Gasteiger charge is -1.97. The summed E-state index contributed by atoms with van der Waals surface area (Å²) < 4.78 is 0. The number of hydrogen-bond acceptors (Lipinski definition) is 3. The minimum Gasteiger partial charge on any atom is -0.508 e. The van der Waals surface area contributed by atoms with Gasteiger partial charge in [0.05, 0.1) is 11.6 Å². The summed E-state index contributed by atoms with van der Waals surface area (Å²) in [4.78, 5) is 10.2. The van der Waals surface area contributed by atoms with Gasteiger partial charge in [0.15, 0.2) is 0 Å². The van der Waals surface area contributed by atoms with E-state index in [1.165, 1.54) is 24.3 Å². The lowest BCUT2D eigenvalue weighted by atomic mass is 10.1. The molecule has 0 radical (unpaired) electrons. The van der Waals surface area contributed by atoms with Crippen LogP contribution in [0, 0.1) is 11.3 Å². The van der Waals surface area contributed by atoms with Gasteiger partial charge in [-0.15, -0.1) is 0 Å². The zero-order valence-electron chi connectivity index (χ0n) is 7.14. The molecule has 0 atom stereocenters. The number of hydrogen-bond donors (Lipinski definition) is 2.